The minimum atomic E-state index is -0.442. The highest BCUT2D eigenvalue weighted by molar-refractivity contribution is 7.98. The van der Waals surface area contributed by atoms with E-state index in [1.807, 2.05) is 18.4 Å². The highest BCUT2D eigenvalue weighted by atomic mass is 32.2. The largest absolute Gasteiger partial charge is 0.508 e. The summed E-state index contributed by atoms with van der Waals surface area (Å²) >= 11 is 1.37. The van der Waals surface area contributed by atoms with Gasteiger partial charge in [-0.2, -0.15) is 4.68 Å². The fourth-order valence-corrected chi connectivity index (χ4v) is 4.18. The molecule has 0 saturated carbocycles. The van der Waals surface area contributed by atoms with Crippen molar-refractivity contribution in [2.24, 2.45) is 0 Å². The predicted molar refractivity (Wildman–Crippen MR) is 116 cm³/mol. The highest BCUT2D eigenvalue weighted by Gasteiger charge is 2.19. The van der Waals surface area contributed by atoms with Crippen LogP contribution in [0.1, 0.15) is 32.5 Å². The fraction of sp³-hybridized carbons (Fsp3) is 0.368. The molecule has 1 aromatic carbocycles. The van der Waals surface area contributed by atoms with E-state index >= 15 is 0 Å². The predicted octanol–water partition coefficient (Wildman–Crippen LogP) is 1.68. The summed E-state index contributed by atoms with van der Waals surface area (Å²) in [6.45, 7) is 5.00. The maximum Gasteiger partial charge on any atom is 0.330 e. The molecule has 3 heterocycles. The summed E-state index contributed by atoms with van der Waals surface area (Å²) in [7, 11) is 0. The molecule has 0 aliphatic heterocycles. The topological polar surface area (TPSA) is 137 Å². The molecule has 0 unspecified atom stereocenters. The lowest BCUT2D eigenvalue weighted by atomic mass is 10.3. The summed E-state index contributed by atoms with van der Waals surface area (Å²) in [5, 5.41) is 21.9. The van der Waals surface area contributed by atoms with Crippen LogP contribution < -0.4 is 11.2 Å². The van der Waals surface area contributed by atoms with Crippen molar-refractivity contribution >= 4 is 22.9 Å². The SMILES string of the molecule is CCCCn1c(=O)[nH]c(=O)c2c1nc(CSc1nnnn1-c1ccc(O)cc1)n2CC. The number of H-pyrrole nitrogens is 1. The van der Waals surface area contributed by atoms with Gasteiger partial charge in [0.2, 0.25) is 5.16 Å². The van der Waals surface area contributed by atoms with Gasteiger partial charge in [-0.1, -0.05) is 25.1 Å². The Labute approximate surface area is 180 Å². The van der Waals surface area contributed by atoms with E-state index in [4.69, 9.17) is 0 Å². The number of hydrogen-bond donors (Lipinski definition) is 2. The Bertz CT molecular complexity index is 1320. The van der Waals surface area contributed by atoms with E-state index < -0.39 is 11.2 Å². The van der Waals surface area contributed by atoms with Crippen LogP contribution in [0.25, 0.3) is 16.9 Å². The summed E-state index contributed by atoms with van der Waals surface area (Å²) in [4.78, 5) is 31.9. The van der Waals surface area contributed by atoms with Gasteiger partial charge in [-0.3, -0.25) is 14.3 Å². The number of aromatic hydroxyl groups is 1. The van der Waals surface area contributed by atoms with Crippen molar-refractivity contribution in [3.63, 3.8) is 0 Å². The molecule has 0 spiro atoms. The Kier molecular flexibility index (Phi) is 5.89. The van der Waals surface area contributed by atoms with E-state index in [0.717, 1.165) is 12.8 Å². The summed E-state index contributed by atoms with van der Waals surface area (Å²) in [5.41, 5.74) is 0.623. The van der Waals surface area contributed by atoms with E-state index in [1.165, 1.54) is 16.3 Å². The lowest BCUT2D eigenvalue weighted by molar-refractivity contribution is 0.475. The van der Waals surface area contributed by atoms with Gasteiger partial charge in [0.1, 0.15) is 11.6 Å². The normalized spacial score (nSPS) is 11.4. The number of thioether (sulfide) groups is 1. The van der Waals surface area contributed by atoms with Crippen LogP contribution in [0, 0.1) is 0 Å². The summed E-state index contributed by atoms with van der Waals surface area (Å²) in [6.07, 6.45) is 1.73. The first-order chi connectivity index (χ1) is 15.0. The van der Waals surface area contributed by atoms with E-state index in [9.17, 15) is 14.7 Å². The van der Waals surface area contributed by atoms with Crippen molar-refractivity contribution in [1.82, 2.24) is 39.3 Å². The average Bonchev–Trinajstić information content (AvgIpc) is 3.37. The molecule has 4 rings (SSSR count). The number of imidazole rings is 1. The van der Waals surface area contributed by atoms with Gasteiger partial charge in [0.15, 0.2) is 11.2 Å². The van der Waals surface area contributed by atoms with E-state index in [1.54, 1.807) is 28.9 Å². The zero-order chi connectivity index (χ0) is 22.0. The number of fused-ring (bicyclic) bond motifs is 1. The second kappa shape index (κ2) is 8.76. The minimum absolute atomic E-state index is 0.155. The molecule has 0 aliphatic carbocycles. The molecule has 0 saturated heterocycles. The van der Waals surface area contributed by atoms with Gasteiger partial charge in [0.05, 0.1) is 11.4 Å². The van der Waals surface area contributed by atoms with Crippen molar-refractivity contribution in [2.75, 3.05) is 0 Å². The number of aromatic nitrogens is 8. The second-order valence-corrected chi connectivity index (χ2v) is 7.83. The van der Waals surface area contributed by atoms with Crippen molar-refractivity contribution in [2.45, 2.75) is 50.7 Å². The number of phenols is 1. The fourth-order valence-electron chi connectivity index (χ4n) is 3.35. The summed E-state index contributed by atoms with van der Waals surface area (Å²) in [5.74, 6) is 1.22. The third kappa shape index (κ3) is 3.98. The Morgan fingerprint density at radius 2 is 1.90 bits per heavy atom. The summed E-state index contributed by atoms with van der Waals surface area (Å²) in [6, 6.07) is 6.54. The first-order valence-electron chi connectivity index (χ1n) is 9.96. The number of tetrazole rings is 1. The van der Waals surface area contributed by atoms with Crippen molar-refractivity contribution in [1.29, 1.82) is 0 Å². The van der Waals surface area contributed by atoms with E-state index in [0.29, 0.717) is 46.7 Å². The van der Waals surface area contributed by atoms with Gasteiger partial charge in [0, 0.05) is 13.1 Å². The molecule has 31 heavy (non-hydrogen) atoms. The molecule has 0 fully saturated rings. The van der Waals surface area contributed by atoms with Crippen LogP contribution in [-0.4, -0.2) is 44.4 Å². The second-order valence-electron chi connectivity index (χ2n) is 6.89. The third-order valence-corrected chi connectivity index (χ3v) is 5.80. The highest BCUT2D eigenvalue weighted by Crippen LogP contribution is 2.24. The van der Waals surface area contributed by atoms with E-state index in [2.05, 4.69) is 25.5 Å². The molecule has 11 nitrogen and oxygen atoms in total. The number of rotatable bonds is 8. The lowest BCUT2D eigenvalue weighted by Crippen LogP contribution is -2.31. The quantitative estimate of drug-likeness (QED) is 0.393. The minimum Gasteiger partial charge on any atom is -0.508 e. The molecular formula is C19H22N8O3S. The number of unbranched alkanes of at least 4 members (excludes halogenated alkanes) is 1. The first-order valence-corrected chi connectivity index (χ1v) is 10.9. The number of phenolic OH excluding ortho intramolecular Hbond substituents is 1. The van der Waals surface area contributed by atoms with Crippen LogP contribution in [0.5, 0.6) is 5.75 Å². The molecule has 0 amide bonds. The Balaban J connectivity index is 1.69. The number of hydrogen-bond acceptors (Lipinski definition) is 8. The van der Waals surface area contributed by atoms with Gasteiger partial charge in [0.25, 0.3) is 5.56 Å². The Morgan fingerprint density at radius 1 is 1.13 bits per heavy atom. The van der Waals surface area contributed by atoms with Crippen LogP contribution in [0.2, 0.25) is 0 Å². The van der Waals surface area contributed by atoms with Crippen LogP contribution >= 0.6 is 11.8 Å². The molecular weight excluding hydrogens is 420 g/mol. The zero-order valence-electron chi connectivity index (χ0n) is 17.1. The maximum absolute atomic E-state index is 12.5. The van der Waals surface area contributed by atoms with Crippen molar-refractivity contribution < 1.29 is 5.11 Å². The van der Waals surface area contributed by atoms with Gasteiger partial charge >= 0.3 is 5.69 Å². The van der Waals surface area contributed by atoms with Crippen LogP contribution in [0.15, 0.2) is 39.0 Å². The molecule has 0 bridgehead atoms. The van der Waals surface area contributed by atoms with Crippen LogP contribution in [0.4, 0.5) is 0 Å². The Morgan fingerprint density at radius 3 is 2.61 bits per heavy atom. The van der Waals surface area contributed by atoms with Crippen LogP contribution in [-0.2, 0) is 18.8 Å². The molecule has 162 valence electrons. The Hall–Kier alpha value is -3.41. The summed E-state index contributed by atoms with van der Waals surface area (Å²) < 4.78 is 4.91. The first kappa shape index (κ1) is 20.8. The maximum atomic E-state index is 12.5. The van der Waals surface area contributed by atoms with Crippen molar-refractivity contribution in [3.05, 3.63) is 50.9 Å². The van der Waals surface area contributed by atoms with Gasteiger partial charge in [-0.25, -0.2) is 9.78 Å². The molecule has 0 aliphatic rings. The standard InChI is InChI=1S/C19H22N8O3S/c1-3-5-10-26-16-15(17(29)21-18(26)30)25(4-2)14(20-16)11-31-19-22-23-24-27(19)12-6-8-13(28)9-7-12/h6-9,28H,3-5,10-11H2,1-2H3,(H,21,29,30). The monoisotopic (exact) mass is 442 g/mol. The molecule has 3 aromatic heterocycles. The lowest BCUT2D eigenvalue weighted by Gasteiger charge is -2.07. The van der Waals surface area contributed by atoms with Crippen molar-refractivity contribution in [3.8, 4) is 11.4 Å². The smallest absolute Gasteiger partial charge is 0.330 e. The molecule has 12 heteroatoms. The number of nitrogens with zero attached hydrogens (tertiary/aromatic N) is 7. The molecule has 0 atom stereocenters. The average molecular weight is 443 g/mol. The van der Waals surface area contributed by atoms with Gasteiger partial charge < -0.3 is 9.67 Å². The number of benzene rings is 1. The molecule has 4 aromatic rings. The number of aryl methyl sites for hydroxylation is 2. The van der Waals surface area contributed by atoms with Crippen LogP contribution in [0.3, 0.4) is 0 Å². The number of nitrogens with one attached hydrogen (secondary N) is 1. The third-order valence-electron chi connectivity index (χ3n) is 4.88. The zero-order valence-corrected chi connectivity index (χ0v) is 18.0. The van der Waals surface area contributed by atoms with Gasteiger partial charge in [-0.05, 0) is 48.0 Å². The molecule has 2 N–H and O–H groups in total. The number of aromatic amines is 1. The molecule has 0 radical (unpaired) electrons. The van der Waals surface area contributed by atoms with Gasteiger partial charge in [-0.15, -0.1) is 5.10 Å². The van der Waals surface area contributed by atoms with E-state index in [-0.39, 0.29) is 5.75 Å².